The van der Waals surface area contributed by atoms with Crippen LogP contribution in [0, 0.1) is 24.2 Å². The van der Waals surface area contributed by atoms with E-state index < -0.39 is 5.97 Å². The summed E-state index contributed by atoms with van der Waals surface area (Å²) >= 11 is 0. The molecule has 1 aliphatic heterocycles. The van der Waals surface area contributed by atoms with Gasteiger partial charge in [0.05, 0.1) is 11.6 Å². The SMILES string of the molecule is Cc1ccc(C(=O)O)c2c1N[C@H](c1ccc(OCC#N)cc1)[C@H]1CC=C[C@H]21. The topological polar surface area (TPSA) is 82.3 Å². The van der Waals surface area contributed by atoms with E-state index in [9.17, 15) is 9.90 Å². The lowest BCUT2D eigenvalue weighted by molar-refractivity contribution is 0.0695. The standard InChI is InChI=1S/C22H20N2O3/c1-13-5-10-18(22(25)26)19-16-3-2-4-17(16)21(24-20(13)19)14-6-8-15(9-7-14)27-12-11-23/h2-3,5-10,16-17,21,24H,4,12H2,1H3,(H,25,26)/t16-,17-,21+/m0/s1. The zero-order valence-electron chi connectivity index (χ0n) is 15.0. The maximum Gasteiger partial charge on any atom is 0.336 e. The summed E-state index contributed by atoms with van der Waals surface area (Å²) in [7, 11) is 0. The Morgan fingerprint density at radius 2 is 2.07 bits per heavy atom. The molecule has 0 spiro atoms. The van der Waals surface area contributed by atoms with Gasteiger partial charge in [0, 0.05) is 11.6 Å². The normalized spacial score (nSPS) is 22.3. The second kappa shape index (κ2) is 6.81. The molecule has 4 rings (SSSR count). The quantitative estimate of drug-likeness (QED) is 0.789. The maximum absolute atomic E-state index is 11.8. The number of carbonyl (C=O) groups is 1. The highest BCUT2D eigenvalue weighted by Gasteiger charge is 2.40. The molecule has 1 heterocycles. The smallest absolute Gasteiger partial charge is 0.336 e. The average Bonchev–Trinajstić information content (AvgIpc) is 3.16. The number of carboxylic acids is 1. The minimum Gasteiger partial charge on any atom is -0.479 e. The molecule has 1 aliphatic carbocycles. The molecule has 2 N–H and O–H groups in total. The van der Waals surface area contributed by atoms with E-state index in [1.54, 1.807) is 6.07 Å². The number of hydrogen-bond donors (Lipinski definition) is 2. The number of nitrogens with one attached hydrogen (secondary N) is 1. The average molecular weight is 360 g/mol. The summed E-state index contributed by atoms with van der Waals surface area (Å²) in [5, 5.41) is 21.9. The largest absolute Gasteiger partial charge is 0.479 e. The van der Waals surface area contributed by atoms with Crippen molar-refractivity contribution in [3.8, 4) is 11.8 Å². The molecule has 0 fully saturated rings. The third-order valence-corrected chi connectivity index (χ3v) is 5.50. The summed E-state index contributed by atoms with van der Waals surface area (Å²) in [6.07, 6.45) is 5.20. The van der Waals surface area contributed by atoms with E-state index in [-0.39, 0.29) is 24.5 Å². The van der Waals surface area contributed by atoms with Gasteiger partial charge in [-0.25, -0.2) is 4.79 Å². The van der Waals surface area contributed by atoms with Gasteiger partial charge < -0.3 is 15.2 Å². The summed E-state index contributed by atoms with van der Waals surface area (Å²) in [5.41, 5.74) is 4.38. The van der Waals surface area contributed by atoms with Crippen molar-refractivity contribution < 1.29 is 14.6 Å². The Balaban J connectivity index is 1.73. The maximum atomic E-state index is 11.8. The molecule has 0 unspecified atom stereocenters. The van der Waals surface area contributed by atoms with Crippen molar-refractivity contribution in [3.05, 3.63) is 70.8 Å². The molecule has 0 saturated carbocycles. The molecule has 2 aliphatic rings. The third kappa shape index (κ3) is 2.93. The monoisotopic (exact) mass is 360 g/mol. The zero-order valence-corrected chi connectivity index (χ0v) is 15.0. The van der Waals surface area contributed by atoms with E-state index in [2.05, 4.69) is 17.5 Å². The van der Waals surface area contributed by atoms with Gasteiger partial charge in [-0.05, 0) is 54.2 Å². The minimum absolute atomic E-state index is 0.0280. The Kier molecular flexibility index (Phi) is 4.33. The Labute approximate surface area is 157 Å². The van der Waals surface area contributed by atoms with E-state index in [4.69, 9.17) is 10.00 Å². The number of rotatable bonds is 4. The summed E-state index contributed by atoms with van der Waals surface area (Å²) in [6.45, 7) is 2.03. The van der Waals surface area contributed by atoms with Crippen LogP contribution in [-0.4, -0.2) is 17.7 Å². The van der Waals surface area contributed by atoms with Gasteiger partial charge in [0.15, 0.2) is 6.61 Å². The lowest BCUT2D eigenvalue weighted by atomic mass is 9.75. The van der Waals surface area contributed by atoms with Crippen LogP contribution in [0.25, 0.3) is 0 Å². The van der Waals surface area contributed by atoms with E-state index in [0.29, 0.717) is 11.3 Å². The number of hydrogen-bond acceptors (Lipinski definition) is 4. The predicted octanol–water partition coefficient (Wildman–Crippen LogP) is 4.42. The minimum atomic E-state index is -0.885. The molecule has 2 aromatic rings. The molecule has 5 heteroatoms. The highest BCUT2D eigenvalue weighted by Crippen LogP contribution is 2.51. The summed E-state index contributed by atoms with van der Waals surface area (Å²) in [4.78, 5) is 11.8. The molecule has 0 radical (unpaired) electrons. The first-order chi connectivity index (χ1) is 13.1. The van der Waals surface area contributed by atoms with Gasteiger partial charge in [-0.2, -0.15) is 5.26 Å². The van der Waals surface area contributed by atoms with Crippen LogP contribution in [0.15, 0.2) is 48.6 Å². The first-order valence-corrected chi connectivity index (χ1v) is 9.00. The summed E-state index contributed by atoms with van der Waals surface area (Å²) in [5.74, 6) is 0.140. The van der Waals surface area contributed by atoms with Crippen LogP contribution < -0.4 is 10.1 Å². The van der Waals surface area contributed by atoms with Crippen molar-refractivity contribution in [1.82, 2.24) is 0 Å². The van der Waals surface area contributed by atoms with Crippen molar-refractivity contribution >= 4 is 11.7 Å². The highest BCUT2D eigenvalue weighted by molar-refractivity contribution is 5.93. The number of aryl methyl sites for hydroxylation is 1. The van der Waals surface area contributed by atoms with Crippen molar-refractivity contribution in [1.29, 1.82) is 5.26 Å². The van der Waals surface area contributed by atoms with Crippen molar-refractivity contribution in [2.75, 3.05) is 11.9 Å². The fourth-order valence-corrected chi connectivity index (χ4v) is 4.26. The van der Waals surface area contributed by atoms with Crippen molar-refractivity contribution in [3.63, 3.8) is 0 Å². The predicted molar refractivity (Wildman–Crippen MR) is 102 cm³/mol. The van der Waals surface area contributed by atoms with Crippen molar-refractivity contribution in [2.45, 2.75) is 25.3 Å². The van der Waals surface area contributed by atoms with Gasteiger partial charge >= 0.3 is 5.97 Å². The van der Waals surface area contributed by atoms with E-state index in [1.165, 1.54) is 0 Å². The number of carboxylic acid groups (broad SMARTS) is 1. The first kappa shape index (κ1) is 17.2. The van der Waals surface area contributed by atoms with Crippen LogP contribution in [0.2, 0.25) is 0 Å². The van der Waals surface area contributed by atoms with E-state index in [0.717, 1.165) is 28.8 Å². The molecule has 5 nitrogen and oxygen atoms in total. The van der Waals surface area contributed by atoms with Gasteiger partial charge in [0.25, 0.3) is 0 Å². The Morgan fingerprint density at radius 1 is 1.30 bits per heavy atom. The molecule has 0 amide bonds. The molecule has 0 saturated heterocycles. The molecular formula is C22H20N2O3. The van der Waals surface area contributed by atoms with E-state index in [1.807, 2.05) is 43.3 Å². The van der Waals surface area contributed by atoms with Crippen LogP contribution in [-0.2, 0) is 0 Å². The lowest BCUT2D eigenvalue weighted by Gasteiger charge is -2.39. The van der Waals surface area contributed by atoms with Crippen LogP contribution in [0.1, 0.15) is 45.4 Å². The van der Waals surface area contributed by atoms with E-state index >= 15 is 0 Å². The molecule has 2 aromatic carbocycles. The van der Waals surface area contributed by atoms with Crippen LogP contribution in [0.4, 0.5) is 5.69 Å². The number of fused-ring (bicyclic) bond motifs is 3. The van der Waals surface area contributed by atoms with Crippen molar-refractivity contribution in [2.24, 2.45) is 5.92 Å². The van der Waals surface area contributed by atoms with Crippen LogP contribution >= 0.6 is 0 Å². The zero-order chi connectivity index (χ0) is 19.0. The first-order valence-electron chi connectivity index (χ1n) is 9.00. The number of anilines is 1. The number of aromatic carboxylic acids is 1. The fraction of sp³-hybridized carbons (Fsp3) is 0.273. The number of nitriles is 1. The van der Waals surface area contributed by atoms with Gasteiger partial charge in [0.2, 0.25) is 0 Å². The second-order valence-electron chi connectivity index (χ2n) is 7.02. The van der Waals surface area contributed by atoms with Crippen LogP contribution in [0.5, 0.6) is 5.75 Å². The third-order valence-electron chi connectivity index (χ3n) is 5.50. The number of benzene rings is 2. The van der Waals surface area contributed by atoms with Gasteiger partial charge in [-0.1, -0.05) is 30.4 Å². The van der Waals surface area contributed by atoms with Gasteiger partial charge in [-0.3, -0.25) is 0 Å². The Hall–Kier alpha value is -3.26. The highest BCUT2D eigenvalue weighted by atomic mass is 16.5. The molecular weight excluding hydrogens is 340 g/mol. The number of nitrogens with zero attached hydrogens (tertiary/aromatic N) is 1. The van der Waals surface area contributed by atoms with Gasteiger partial charge in [-0.15, -0.1) is 0 Å². The molecule has 0 bridgehead atoms. The number of allylic oxidation sites excluding steroid dienone is 2. The molecule has 3 atom stereocenters. The Bertz CT molecular complexity index is 957. The fourth-order valence-electron chi connectivity index (χ4n) is 4.26. The molecule has 0 aromatic heterocycles. The number of ether oxygens (including phenoxy) is 1. The summed E-state index contributed by atoms with van der Waals surface area (Å²) in [6, 6.07) is 13.4. The molecule has 27 heavy (non-hydrogen) atoms. The van der Waals surface area contributed by atoms with Crippen LogP contribution in [0.3, 0.4) is 0 Å². The lowest BCUT2D eigenvalue weighted by Crippen LogP contribution is -2.31. The molecule has 136 valence electrons. The second-order valence-corrected chi connectivity index (χ2v) is 7.02. The Morgan fingerprint density at radius 3 is 2.78 bits per heavy atom. The summed E-state index contributed by atoms with van der Waals surface area (Å²) < 4.78 is 5.34. The van der Waals surface area contributed by atoms with Gasteiger partial charge in [0.1, 0.15) is 11.8 Å².